The Bertz CT molecular complexity index is 770. The van der Waals surface area contributed by atoms with E-state index in [1.807, 2.05) is 23.2 Å². The molecular weight excluding hydrogens is 290 g/mol. The monoisotopic (exact) mass is 307 g/mol. The Morgan fingerprint density at radius 2 is 2.19 bits per heavy atom. The van der Waals surface area contributed by atoms with Crippen LogP contribution in [0.1, 0.15) is 36.5 Å². The molecule has 3 heterocycles. The van der Waals surface area contributed by atoms with Crippen molar-refractivity contribution in [3.63, 3.8) is 0 Å². The lowest BCUT2D eigenvalue weighted by Gasteiger charge is -2.05. The van der Waals surface area contributed by atoms with Crippen LogP contribution in [-0.4, -0.2) is 24.3 Å². The van der Waals surface area contributed by atoms with Gasteiger partial charge in [0.05, 0.1) is 17.8 Å². The van der Waals surface area contributed by atoms with Crippen LogP contribution in [0.4, 0.5) is 0 Å². The maximum absolute atomic E-state index is 6.05. The van der Waals surface area contributed by atoms with Gasteiger partial charge < -0.3 is 8.98 Å². The highest BCUT2D eigenvalue weighted by atomic mass is 35.5. The summed E-state index contributed by atoms with van der Waals surface area (Å²) in [6.45, 7) is 4.53. The van der Waals surface area contributed by atoms with Crippen molar-refractivity contribution in [2.24, 2.45) is 7.05 Å². The molecule has 0 aliphatic rings. The van der Waals surface area contributed by atoms with E-state index in [0.717, 1.165) is 41.3 Å². The third-order valence-corrected chi connectivity index (χ3v) is 3.68. The van der Waals surface area contributed by atoms with Crippen LogP contribution in [0.2, 0.25) is 0 Å². The number of hydrogen-bond acceptors (Lipinski definition) is 4. The second-order valence-electron chi connectivity index (χ2n) is 5.10. The molecule has 0 amide bonds. The molecule has 0 radical (unpaired) electrons. The van der Waals surface area contributed by atoms with E-state index in [1.54, 1.807) is 6.20 Å². The topological polar surface area (TPSA) is 61.7 Å². The summed E-state index contributed by atoms with van der Waals surface area (Å²) in [5, 5.41) is 4.56. The van der Waals surface area contributed by atoms with Gasteiger partial charge in [-0.1, -0.05) is 13.3 Å². The number of aryl methyl sites for hydroxylation is 3. The van der Waals surface area contributed by atoms with Gasteiger partial charge in [-0.25, -0.2) is 9.97 Å². The summed E-state index contributed by atoms with van der Waals surface area (Å²) < 4.78 is 9.45. The molecule has 0 aliphatic carbocycles. The molecule has 0 saturated carbocycles. The van der Waals surface area contributed by atoms with E-state index in [9.17, 15) is 0 Å². The van der Waals surface area contributed by atoms with Crippen molar-refractivity contribution in [3.8, 4) is 0 Å². The predicted molar refractivity (Wildman–Crippen MR) is 80.4 cm³/mol. The summed E-state index contributed by atoms with van der Waals surface area (Å²) in [5.74, 6) is 2.61. The molecule has 7 heteroatoms. The maximum Gasteiger partial charge on any atom is 0.214 e. The molecule has 0 aliphatic heterocycles. The van der Waals surface area contributed by atoms with Crippen molar-refractivity contribution >= 4 is 22.8 Å². The smallest absolute Gasteiger partial charge is 0.214 e. The van der Waals surface area contributed by atoms with Crippen LogP contribution in [0.15, 0.2) is 10.6 Å². The number of rotatable bonds is 5. The molecule has 0 unspecified atom stereocenters. The van der Waals surface area contributed by atoms with Crippen LogP contribution in [0.3, 0.4) is 0 Å². The third kappa shape index (κ3) is 2.44. The molecule has 0 fully saturated rings. The quantitative estimate of drug-likeness (QED) is 0.680. The molecule has 0 atom stereocenters. The first kappa shape index (κ1) is 14.1. The van der Waals surface area contributed by atoms with Gasteiger partial charge >= 0.3 is 0 Å². The van der Waals surface area contributed by atoms with Gasteiger partial charge in [0.25, 0.3) is 0 Å². The summed E-state index contributed by atoms with van der Waals surface area (Å²) >= 11 is 6.05. The SMILES string of the molecule is CCCc1nn(C)c2c1nc(CCl)n2Cc1ncc(C)o1. The largest absolute Gasteiger partial charge is 0.444 e. The number of halogens is 1. The first-order valence-corrected chi connectivity index (χ1v) is 7.55. The van der Waals surface area contributed by atoms with Crippen molar-refractivity contribution in [1.82, 2.24) is 24.3 Å². The number of imidazole rings is 1. The minimum Gasteiger partial charge on any atom is -0.444 e. The number of hydrogen-bond donors (Lipinski definition) is 0. The normalized spacial score (nSPS) is 11.6. The summed E-state index contributed by atoms with van der Waals surface area (Å²) in [7, 11) is 1.93. The van der Waals surface area contributed by atoms with Gasteiger partial charge in [0.2, 0.25) is 5.89 Å². The van der Waals surface area contributed by atoms with Crippen LogP contribution in [0.5, 0.6) is 0 Å². The molecule has 3 rings (SSSR count). The van der Waals surface area contributed by atoms with Gasteiger partial charge in [-0.05, 0) is 13.3 Å². The Balaban J connectivity index is 2.11. The predicted octanol–water partition coefficient (Wildman–Crippen LogP) is 2.81. The molecule has 0 bridgehead atoms. The van der Waals surface area contributed by atoms with Crippen molar-refractivity contribution in [2.75, 3.05) is 0 Å². The van der Waals surface area contributed by atoms with Gasteiger partial charge in [0.15, 0.2) is 5.65 Å². The highest BCUT2D eigenvalue weighted by Gasteiger charge is 2.19. The lowest BCUT2D eigenvalue weighted by molar-refractivity contribution is 0.455. The van der Waals surface area contributed by atoms with Crippen LogP contribution < -0.4 is 0 Å². The second-order valence-corrected chi connectivity index (χ2v) is 5.37. The van der Waals surface area contributed by atoms with Crippen molar-refractivity contribution in [3.05, 3.63) is 29.4 Å². The molecule has 0 aromatic carbocycles. The molecule has 0 spiro atoms. The Labute approximate surface area is 127 Å². The van der Waals surface area contributed by atoms with Crippen LogP contribution >= 0.6 is 11.6 Å². The number of nitrogens with zero attached hydrogens (tertiary/aromatic N) is 5. The molecule has 0 saturated heterocycles. The van der Waals surface area contributed by atoms with Gasteiger partial charge in [-0.2, -0.15) is 5.10 Å². The van der Waals surface area contributed by atoms with Crippen molar-refractivity contribution in [2.45, 2.75) is 39.1 Å². The second kappa shape index (κ2) is 5.52. The zero-order valence-electron chi connectivity index (χ0n) is 12.4. The summed E-state index contributed by atoms with van der Waals surface area (Å²) in [6.07, 6.45) is 3.66. The molecule has 6 nitrogen and oxygen atoms in total. The molecular formula is C14H18ClN5O. The highest BCUT2D eigenvalue weighted by molar-refractivity contribution is 6.16. The minimum absolute atomic E-state index is 0.347. The van der Waals surface area contributed by atoms with E-state index in [0.29, 0.717) is 18.3 Å². The van der Waals surface area contributed by atoms with E-state index in [2.05, 4.69) is 22.0 Å². The van der Waals surface area contributed by atoms with Gasteiger partial charge in [0, 0.05) is 7.05 Å². The first-order chi connectivity index (χ1) is 10.1. The molecule has 0 N–H and O–H groups in total. The lowest BCUT2D eigenvalue weighted by Crippen LogP contribution is -2.08. The van der Waals surface area contributed by atoms with Crippen LogP contribution in [0, 0.1) is 6.92 Å². The Morgan fingerprint density at radius 1 is 1.38 bits per heavy atom. The fraction of sp³-hybridized carbons (Fsp3) is 0.500. The average molecular weight is 308 g/mol. The zero-order valence-corrected chi connectivity index (χ0v) is 13.2. The number of alkyl halides is 1. The summed E-state index contributed by atoms with van der Waals surface area (Å²) in [5.41, 5.74) is 2.91. The minimum atomic E-state index is 0.347. The molecule has 3 aromatic rings. The molecule has 3 aromatic heterocycles. The van der Waals surface area contributed by atoms with E-state index in [4.69, 9.17) is 16.0 Å². The molecule has 112 valence electrons. The Kier molecular flexibility index (Phi) is 3.71. The lowest BCUT2D eigenvalue weighted by atomic mass is 10.2. The van der Waals surface area contributed by atoms with Gasteiger partial charge in [-0.15, -0.1) is 11.6 Å². The van der Waals surface area contributed by atoms with Gasteiger partial charge in [-0.3, -0.25) is 4.68 Å². The van der Waals surface area contributed by atoms with Crippen LogP contribution in [0.25, 0.3) is 11.2 Å². The fourth-order valence-electron chi connectivity index (χ4n) is 2.57. The first-order valence-electron chi connectivity index (χ1n) is 7.02. The summed E-state index contributed by atoms with van der Waals surface area (Å²) in [4.78, 5) is 8.91. The van der Waals surface area contributed by atoms with Gasteiger partial charge in [0.1, 0.15) is 23.6 Å². The number of aromatic nitrogens is 5. The molecule has 21 heavy (non-hydrogen) atoms. The number of fused-ring (bicyclic) bond motifs is 1. The highest BCUT2D eigenvalue weighted by Crippen LogP contribution is 2.22. The van der Waals surface area contributed by atoms with E-state index < -0.39 is 0 Å². The third-order valence-electron chi connectivity index (χ3n) is 3.44. The van der Waals surface area contributed by atoms with E-state index in [1.165, 1.54) is 0 Å². The Hall–Kier alpha value is -1.82. The standard InChI is InChI=1S/C14H18ClN5O/c1-4-5-10-13-14(19(3)18-10)20(11(6-15)17-13)8-12-16-7-9(2)21-12/h7H,4-6,8H2,1-3H3. The summed E-state index contributed by atoms with van der Waals surface area (Å²) in [6, 6.07) is 0. The Morgan fingerprint density at radius 3 is 2.81 bits per heavy atom. The maximum atomic E-state index is 6.05. The average Bonchev–Trinajstić information content (AvgIpc) is 3.09. The van der Waals surface area contributed by atoms with E-state index in [-0.39, 0.29) is 0 Å². The van der Waals surface area contributed by atoms with Crippen LogP contribution in [-0.2, 0) is 25.9 Å². The van der Waals surface area contributed by atoms with Crippen molar-refractivity contribution < 1.29 is 4.42 Å². The fourth-order valence-corrected chi connectivity index (χ4v) is 2.77. The zero-order chi connectivity index (χ0) is 15.0. The van der Waals surface area contributed by atoms with E-state index >= 15 is 0 Å². The van der Waals surface area contributed by atoms with Crippen molar-refractivity contribution in [1.29, 1.82) is 0 Å². The number of oxazole rings is 1.